The van der Waals surface area contributed by atoms with Gasteiger partial charge >= 0.3 is 0 Å². The van der Waals surface area contributed by atoms with Crippen LogP contribution in [0.25, 0.3) is 6.08 Å². The van der Waals surface area contributed by atoms with E-state index in [1.165, 1.54) is 5.69 Å². The molecule has 5 nitrogen and oxygen atoms in total. The van der Waals surface area contributed by atoms with Gasteiger partial charge < -0.3 is 9.80 Å². The average Bonchev–Trinajstić information content (AvgIpc) is 2.84. The van der Waals surface area contributed by atoms with Gasteiger partial charge in [-0.05, 0) is 30.0 Å². The van der Waals surface area contributed by atoms with Gasteiger partial charge in [0, 0.05) is 44.5 Å². The fourth-order valence-corrected chi connectivity index (χ4v) is 4.37. The number of piperazine rings is 1. The predicted octanol–water partition coefficient (Wildman–Crippen LogP) is 4.26. The lowest BCUT2D eigenvalue weighted by Gasteiger charge is -2.36. The summed E-state index contributed by atoms with van der Waals surface area (Å²) in [6.45, 7) is 3.62. The molecule has 1 aromatic heterocycles. The van der Waals surface area contributed by atoms with Gasteiger partial charge in [0.1, 0.15) is 0 Å². The average molecular weight is 411 g/mol. The number of allylic oxidation sites excluding steroid dienone is 1. The Hall–Kier alpha value is -3.47. The van der Waals surface area contributed by atoms with Crippen molar-refractivity contribution < 1.29 is 4.79 Å². The van der Waals surface area contributed by atoms with Crippen molar-refractivity contribution in [3.05, 3.63) is 89.8 Å². The number of para-hydroxylation sites is 1. The maximum absolute atomic E-state index is 12.7. The summed E-state index contributed by atoms with van der Waals surface area (Å²) in [6.07, 6.45) is 7.30. The molecule has 0 bridgehead atoms. The molecule has 0 radical (unpaired) electrons. The molecule has 5 heteroatoms. The highest BCUT2D eigenvalue weighted by Crippen LogP contribution is 2.27. The number of rotatable bonds is 4. The second-order valence-corrected chi connectivity index (χ2v) is 8.20. The highest BCUT2D eigenvalue weighted by molar-refractivity contribution is 5.98. The molecule has 0 N–H and O–H groups in total. The number of hydrogen-bond donors (Lipinski definition) is 0. The normalized spacial score (nSPS) is 19.0. The fourth-order valence-electron chi connectivity index (χ4n) is 4.37. The molecule has 0 spiro atoms. The summed E-state index contributed by atoms with van der Waals surface area (Å²) in [4.78, 5) is 26.7. The number of aromatic nitrogens is 2. The molecule has 2 aliphatic rings. The first-order valence-electron chi connectivity index (χ1n) is 10.9. The summed E-state index contributed by atoms with van der Waals surface area (Å²) in [5, 5.41) is 0. The van der Waals surface area contributed by atoms with E-state index in [-0.39, 0.29) is 11.7 Å². The van der Waals surface area contributed by atoms with Gasteiger partial charge in [-0.2, -0.15) is 0 Å². The van der Waals surface area contributed by atoms with Crippen LogP contribution in [0.5, 0.6) is 0 Å². The first-order chi connectivity index (χ1) is 15.3. The van der Waals surface area contributed by atoms with Gasteiger partial charge in [-0.25, -0.2) is 9.97 Å². The van der Waals surface area contributed by atoms with Crippen molar-refractivity contribution in [1.82, 2.24) is 9.97 Å². The molecule has 2 heterocycles. The standard InChI is InChI=1S/C26H26N4O/c31-25-18-21(12-11-20-7-3-1-4-8-20)17-24-23(25)19-27-26(28-24)30-15-13-29(14-16-30)22-9-5-2-6-10-22/h1-12,19,21H,13-18H2/b12-11+. The van der Waals surface area contributed by atoms with Crippen LogP contribution in [0, 0.1) is 5.92 Å². The number of ketones is 1. The minimum atomic E-state index is 0.143. The second-order valence-electron chi connectivity index (χ2n) is 8.20. The van der Waals surface area contributed by atoms with E-state index in [2.05, 4.69) is 63.3 Å². The van der Waals surface area contributed by atoms with Gasteiger partial charge in [0.05, 0.1) is 11.3 Å². The number of nitrogens with zero attached hydrogens (tertiary/aromatic N) is 4. The van der Waals surface area contributed by atoms with Gasteiger partial charge in [-0.1, -0.05) is 60.7 Å². The summed E-state index contributed by atoms with van der Waals surface area (Å²) >= 11 is 0. The Balaban J connectivity index is 1.28. The van der Waals surface area contributed by atoms with E-state index in [0.29, 0.717) is 12.0 Å². The molecule has 1 unspecified atom stereocenters. The third kappa shape index (κ3) is 4.36. The Bertz CT molecular complexity index is 1070. The van der Waals surface area contributed by atoms with Crippen LogP contribution in [0.15, 0.2) is 72.9 Å². The zero-order valence-electron chi connectivity index (χ0n) is 17.5. The lowest BCUT2D eigenvalue weighted by atomic mass is 9.86. The largest absolute Gasteiger partial charge is 0.368 e. The van der Waals surface area contributed by atoms with E-state index in [0.717, 1.165) is 49.8 Å². The van der Waals surface area contributed by atoms with E-state index in [1.807, 2.05) is 24.3 Å². The third-order valence-electron chi connectivity index (χ3n) is 6.10. The molecule has 3 aromatic rings. The van der Waals surface area contributed by atoms with E-state index in [9.17, 15) is 4.79 Å². The number of fused-ring (bicyclic) bond motifs is 1. The lowest BCUT2D eigenvalue weighted by Crippen LogP contribution is -2.47. The Morgan fingerprint density at radius 3 is 2.26 bits per heavy atom. The maximum Gasteiger partial charge on any atom is 0.225 e. The summed E-state index contributed by atoms with van der Waals surface area (Å²) in [7, 11) is 0. The zero-order chi connectivity index (χ0) is 21.0. The smallest absolute Gasteiger partial charge is 0.225 e. The van der Waals surface area contributed by atoms with E-state index in [4.69, 9.17) is 4.98 Å². The molecule has 1 saturated heterocycles. The van der Waals surface area contributed by atoms with Crippen LogP contribution < -0.4 is 9.80 Å². The number of carbonyl (C=O) groups excluding carboxylic acids is 1. The zero-order valence-corrected chi connectivity index (χ0v) is 17.5. The highest BCUT2D eigenvalue weighted by Gasteiger charge is 2.27. The molecule has 0 saturated carbocycles. The van der Waals surface area contributed by atoms with Gasteiger partial charge in [0.15, 0.2) is 5.78 Å². The minimum absolute atomic E-state index is 0.143. The van der Waals surface area contributed by atoms with Crippen LogP contribution in [-0.2, 0) is 6.42 Å². The Labute approximate surface area is 183 Å². The molecule has 5 rings (SSSR count). The molecule has 0 amide bonds. The molecule has 1 fully saturated rings. The topological polar surface area (TPSA) is 49.3 Å². The van der Waals surface area contributed by atoms with E-state index in [1.54, 1.807) is 6.20 Å². The number of Topliss-reactive ketones (excluding diaryl/α,β-unsaturated/α-hetero) is 1. The van der Waals surface area contributed by atoms with Crippen LogP contribution >= 0.6 is 0 Å². The monoisotopic (exact) mass is 410 g/mol. The fraction of sp³-hybridized carbons (Fsp3) is 0.269. The van der Waals surface area contributed by atoms with Crippen molar-refractivity contribution in [3.63, 3.8) is 0 Å². The van der Waals surface area contributed by atoms with Crippen molar-refractivity contribution >= 4 is 23.5 Å². The van der Waals surface area contributed by atoms with E-state index < -0.39 is 0 Å². The maximum atomic E-state index is 12.7. The molecule has 31 heavy (non-hydrogen) atoms. The van der Waals surface area contributed by atoms with Gasteiger partial charge in [0.25, 0.3) is 0 Å². The van der Waals surface area contributed by atoms with Crippen molar-refractivity contribution in [2.24, 2.45) is 5.92 Å². The predicted molar refractivity (Wildman–Crippen MR) is 125 cm³/mol. The van der Waals surface area contributed by atoms with Crippen molar-refractivity contribution in [2.75, 3.05) is 36.0 Å². The molecule has 1 aliphatic heterocycles. The summed E-state index contributed by atoms with van der Waals surface area (Å²) in [6, 6.07) is 20.7. The SMILES string of the molecule is O=C1CC(/C=C/c2ccccc2)Cc2nc(N3CCN(c4ccccc4)CC3)ncc21. The first-order valence-corrected chi connectivity index (χ1v) is 10.9. The Morgan fingerprint density at radius 1 is 0.839 bits per heavy atom. The van der Waals surface area contributed by atoms with E-state index >= 15 is 0 Å². The van der Waals surface area contributed by atoms with Crippen molar-refractivity contribution in [1.29, 1.82) is 0 Å². The van der Waals surface area contributed by atoms with Gasteiger partial charge in [-0.15, -0.1) is 0 Å². The quantitative estimate of drug-likeness (QED) is 0.643. The Kier molecular flexibility index (Phi) is 5.48. The number of hydrogen-bond acceptors (Lipinski definition) is 5. The van der Waals surface area contributed by atoms with Crippen LogP contribution in [-0.4, -0.2) is 41.9 Å². The summed E-state index contributed by atoms with van der Waals surface area (Å²) < 4.78 is 0. The Morgan fingerprint density at radius 2 is 1.52 bits per heavy atom. The molecule has 1 aliphatic carbocycles. The molecule has 2 aromatic carbocycles. The molecule has 156 valence electrons. The van der Waals surface area contributed by atoms with Gasteiger partial charge in [0.2, 0.25) is 5.95 Å². The lowest BCUT2D eigenvalue weighted by molar-refractivity contribution is 0.0957. The van der Waals surface area contributed by atoms with Crippen molar-refractivity contribution in [3.8, 4) is 0 Å². The van der Waals surface area contributed by atoms with Gasteiger partial charge in [-0.3, -0.25) is 4.79 Å². The molecular weight excluding hydrogens is 384 g/mol. The number of carbonyl (C=O) groups is 1. The second kappa shape index (κ2) is 8.72. The summed E-state index contributed by atoms with van der Waals surface area (Å²) in [5.74, 6) is 1.06. The van der Waals surface area contributed by atoms with Crippen LogP contribution in [0.2, 0.25) is 0 Å². The molecule has 1 atom stereocenters. The summed E-state index contributed by atoms with van der Waals surface area (Å²) in [5.41, 5.74) is 3.98. The van der Waals surface area contributed by atoms with Crippen LogP contribution in [0.1, 0.15) is 28.0 Å². The number of anilines is 2. The highest BCUT2D eigenvalue weighted by atomic mass is 16.1. The molecular formula is C26H26N4O. The third-order valence-corrected chi connectivity index (χ3v) is 6.10. The number of benzene rings is 2. The van der Waals surface area contributed by atoms with Crippen molar-refractivity contribution in [2.45, 2.75) is 12.8 Å². The van der Waals surface area contributed by atoms with Crippen LogP contribution in [0.4, 0.5) is 11.6 Å². The van der Waals surface area contributed by atoms with Crippen LogP contribution in [0.3, 0.4) is 0 Å². The minimum Gasteiger partial charge on any atom is -0.368 e. The first kappa shape index (κ1) is 19.5.